The molecule has 2 N–H and O–H groups in total. The number of fused-ring (bicyclic) bond motifs is 1. The molecule has 0 saturated carbocycles. The van der Waals surface area contributed by atoms with Gasteiger partial charge in [-0.2, -0.15) is 0 Å². The van der Waals surface area contributed by atoms with Crippen molar-refractivity contribution in [2.75, 3.05) is 0 Å². The van der Waals surface area contributed by atoms with Gasteiger partial charge in [-0.25, -0.2) is 4.98 Å². The van der Waals surface area contributed by atoms with Crippen LogP contribution in [0.3, 0.4) is 0 Å². The molecular weight excluding hydrogens is 362 g/mol. The molecule has 0 aliphatic heterocycles. The minimum absolute atomic E-state index is 0.218. The molecule has 0 atom stereocenters. The van der Waals surface area contributed by atoms with Crippen LogP contribution in [-0.4, -0.2) is 15.9 Å². The summed E-state index contributed by atoms with van der Waals surface area (Å²) in [5, 5.41) is 3.29. The predicted octanol–water partition coefficient (Wildman–Crippen LogP) is 3.41. The van der Waals surface area contributed by atoms with Crippen LogP contribution >= 0.6 is 11.3 Å². The lowest BCUT2D eigenvalue weighted by Crippen LogP contribution is -2.22. The molecule has 0 aliphatic rings. The number of aryl methyl sites for hydroxylation is 1. The van der Waals surface area contributed by atoms with Crippen molar-refractivity contribution in [3.8, 4) is 0 Å². The summed E-state index contributed by atoms with van der Waals surface area (Å²) in [5.41, 5.74) is 1.49. The van der Waals surface area contributed by atoms with Crippen molar-refractivity contribution in [3.63, 3.8) is 0 Å². The van der Waals surface area contributed by atoms with Gasteiger partial charge in [-0.1, -0.05) is 30.3 Å². The first kappa shape index (κ1) is 17.2. The van der Waals surface area contributed by atoms with Crippen LogP contribution in [0.15, 0.2) is 57.9 Å². The maximum atomic E-state index is 12.6. The molecule has 0 radical (unpaired) electrons. The van der Waals surface area contributed by atoms with Gasteiger partial charge in [0.05, 0.1) is 23.1 Å². The van der Waals surface area contributed by atoms with Crippen LogP contribution in [0.2, 0.25) is 0 Å². The van der Waals surface area contributed by atoms with Crippen molar-refractivity contribution < 1.29 is 9.21 Å². The van der Waals surface area contributed by atoms with Crippen LogP contribution in [-0.2, 0) is 13.0 Å². The molecule has 136 valence electrons. The van der Waals surface area contributed by atoms with Gasteiger partial charge in [0.2, 0.25) is 0 Å². The Bertz CT molecular complexity index is 1140. The summed E-state index contributed by atoms with van der Waals surface area (Å²) in [7, 11) is 0. The quantitative estimate of drug-likeness (QED) is 0.556. The minimum Gasteiger partial charge on any atom is -0.467 e. The first-order chi connectivity index (χ1) is 13.1. The van der Waals surface area contributed by atoms with Crippen LogP contribution in [0.5, 0.6) is 0 Å². The highest BCUT2D eigenvalue weighted by atomic mass is 32.1. The molecule has 0 saturated heterocycles. The summed E-state index contributed by atoms with van der Waals surface area (Å²) in [6, 6.07) is 13.4. The standard InChI is InChI=1S/C20H17N3O3S/c1-12-16-18(24)22-15(10-13-6-3-2-4-7-13)23-20(16)27-17(12)19(25)21-11-14-8-5-9-26-14/h2-9H,10-11H2,1H3,(H,21,25)(H,22,23,24). The first-order valence-electron chi connectivity index (χ1n) is 8.48. The Hall–Kier alpha value is -3.19. The van der Waals surface area contributed by atoms with Gasteiger partial charge in [0.15, 0.2) is 0 Å². The lowest BCUT2D eigenvalue weighted by atomic mass is 10.1. The second-order valence-corrected chi connectivity index (χ2v) is 7.17. The molecule has 0 bridgehead atoms. The van der Waals surface area contributed by atoms with Gasteiger partial charge in [0.1, 0.15) is 16.4 Å². The Morgan fingerprint density at radius 2 is 2.04 bits per heavy atom. The average Bonchev–Trinajstić information content (AvgIpc) is 3.29. The van der Waals surface area contributed by atoms with Crippen molar-refractivity contribution in [2.45, 2.75) is 19.9 Å². The number of nitrogens with one attached hydrogen (secondary N) is 2. The zero-order valence-electron chi connectivity index (χ0n) is 14.6. The zero-order valence-corrected chi connectivity index (χ0v) is 15.4. The Kier molecular flexibility index (Phi) is 4.60. The maximum Gasteiger partial charge on any atom is 0.262 e. The SMILES string of the molecule is Cc1c(C(=O)NCc2ccco2)sc2nc(Cc3ccccc3)[nH]c(=O)c12. The molecule has 27 heavy (non-hydrogen) atoms. The Morgan fingerprint density at radius 3 is 2.78 bits per heavy atom. The number of nitrogens with zero attached hydrogens (tertiary/aromatic N) is 1. The number of aromatic amines is 1. The monoisotopic (exact) mass is 379 g/mol. The van der Waals surface area contributed by atoms with Crippen LogP contribution in [0.4, 0.5) is 0 Å². The molecule has 6 nitrogen and oxygen atoms in total. The average molecular weight is 379 g/mol. The van der Waals surface area contributed by atoms with E-state index >= 15 is 0 Å². The van der Waals surface area contributed by atoms with E-state index in [1.165, 1.54) is 11.3 Å². The number of thiophene rings is 1. The molecule has 1 amide bonds. The third kappa shape index (κ3) is 3.54. The molecule has 4 rings (SSSR count). The Balaban J connectivity index is 1.63. The highest BCUT2D eigenvalue weighted by molar-refractivity contribution is 7.20. The highest BCUT2D eigenvalue weighted by Gasteiger charge is 2.19. The number of aromatic nitrogens is 2. The van der Waals surface area contributed by atoms with E-state index in [4.69, 9.17) is 4.42 Å². The van der Waals surface area contributed by atoms with Gasteiger partial charge in [-0.15, -0.1) is 11.3 Å². The van der Waals surface area contributed by atoms with E-state index in [2.05, 4.69) is 15.3 Å². The third-order valence-corrected chi connectivity index (χ3v) is 5.46. The van der Waals surface area contributed by atoms with E-state index in [-0.39, 0.29) is 11.5 Å². The van der Waals surface area contributed by atoms with Gasteiger partial charge in [0.25, 0.3) is 11.5 Å². The van der Waals surface area contributed by atoms with Crippen LogP contribution in [0.1, 0.15) is 32.4 Å². The number of H-pyrrole nitrogens is 1. The van der Waals surface area contributed by atoms with E-state index in [1.807, 2.05) is 30.3 Å². The topological polar surface area (TPSA) is 88.0 Å². The van der Waals surface area contributed by atoms with E-state index < -0.39 is 0 Å². The van der Waals surface area contributed by atoms with Crippen molar-refractivity contribution in [1.82, 2.24) is 15.3 Å². The van der Waals surface area contributed by atoms with Crippen LogP contribution in [0.25, 0.3) is 10.2 Å². The molecule has 1 aromatic carbocycles. The summed E-state index contributed by atoms with van der Waals surface area (Å²) in [5.74, 6) is 1.02. The van der Waals surface area contributed by atoms with Crippen molar-refractivity contribution in [3.05, 3.63) is 86.7 Å². The second-order valence-electron chi connectivity index (χ2n) is 6.17. The van der Waals surface area contributed by atoms with Gasteiger partial charge in [-0.05, 0) is 30.2 Å². The number of furan rings is 1. The fourth-order valence-corrected chi connectivity index (χ4v) is 4.06. The largest absolute Gasteiger partial charge is 0.467 e. The van der Waals surface area contributed by atoms with Crippen molar-refractivity contribution >= 4 is 27.5 Å². The van der Waals surface area contributed by atoms with E-state index in [0.29, 0.717) is 45.2 Å². The molecule has 0 fully saturated rings. The molecule has 0 unspecified atom stereocenters. The minimum atomic E-state index is -0.240. The number of rotatable bonds is 5. The normalized spacial score (nSPS) is 11.0. The number of carbonyl (C=O) groups excluding carboxylic acids is 1. The lowest BCUT2D eigenvalue weighted by molar-refractivity contribution is 0.0951. The van der Waals surface area contributed by atoms with E-state index in [9.17, 15) is 9.59 Å². The number of hydrogen-bond donors (Lipinski definition) is 2. The summed E-state index contributed by atoms with van der Waals surface area (Å²) in [6.45, 7) is 2.07. The molecule has 3 heterocycles. The lowest BCUT2D eigenvalue weighted by Gasteiger charge is -2.02. The molecule has 3 aromatic heterocycles. The fraction of sp³-hybridized carbons (Fsp3) is 0.150. The first-order valence-corrected chi connectivity index (χ1v) is 9.30. The van der Waals surface area contributed by atoms with Gasteiger partial charge < -0.3 is 14.7 Å². The predicted molar refractivity (Wildman–Crippen MR) is 104 cm³/mol. The van der Waals surface area contributed by atoms with Crippen LogP contribution < -0.4 is 10.9 Å². The van der Waals surface area contributed by atoms with Gasteiger partial charge in [0, 0.05) is 6.42 Å². The van der Waals surface area contributed by atoms with E-state index in [1.54, 1.807) is 25.3 Å². The molecule has 0 spiro atoms. The van der Waals surface area contributed by atoms with Gasteiger partial charge in [-0.3, -0.25) is 9.59 Å². The van der Waals surface area contributed by atoms with E-state index in [0.717, 1.165) is 5.56 Å². The smallest absolute Gasteiger partial charge is 0.262 e. The summed E-state index contributed by atoms with van der Waals surface area (Å²) in [4.78, 5) is 33.6. The summed E-state index contributed by atoms with van der Waals surface area (Å²) in [6.07, 6.45) is 2.09. The number of amides is 1. The van der Waals surface area contributed by atoms with Crippen molar-refractivity contribution in [1.29, 1.82) is 0 Å². The zero-order chi connectivity index (χ0) is 18.8. The number of benzene rings is 1. The van der Waals surface area contributed by atoms with Crippen molar-refractivity contribution in [2.24, 2.45) is 0 Å². The Morgan fingerprint density at radius 1 is 1.22 bits per heavy atom. The molecule has 4 aromatic rings. The third-order valence-electron chi connectivity index (χ3n) is 4.27. The second kappa shape index (κ2) is 7.20. The maximum absolute atomic E-state index is 12.6. The van der Waals surface area contributed by atoms with Gasteiger partial charge >= 0.3 is 0 Å². The number of carbonyl (C=O) groups is 1. The Labute approximate surface area is 158 Å². The summed E-state index contributed by atoms with van der Waals surface area (Å²) < 4.78 is 5.22. The number of hydrogen-bond acceptors (Lipinski definition) is 5. The molecule has 0 aliphatic carbocycles. The highest BCUT2D eigenvalue weighted by Crippen LogP contribution is 2.27. The van der Waals surface area contributed by atoms with Crippen LogP contribution in [0, 0.1) is 6.92 Å². The fourth-order valence-electron chi connectivity index (χ4n) is 2.94. The molecular formula is C20H17N3O3S. The molecule has 7 heteroatoms. The summed E-state index contributed by atoms with van der Waals surface area (Å²) >= 11 is 1.23.